The fraction of sp³-hybridized carbons (Fsp3) is 0.462. The number of nitrogens with one attached hydrogen (secondary N) is 1. The van der Waals surface area contributed by atoms with Crippen molar-refractivity contribution in [2.45, 2.75) is 26.2 Å². The van der Waals surface area contributed by atoms with Gasteiger partial charge in [0.25, 0.3) is 11.6 Å². The lowest BCUT2D eigenvalue weighted by atomic mass is 10.1. The Bertz CT molecular complexity index is 496. The van der Waals surface area contributed by atoms with E-state index in [2.05, 4.69) is 5.43 Å². The average molecular weight is 263 g/mol. The van der Waals surface area contributed by atoms with Gasteiger partial charge in [0.2, 0.25) is 0 Å². The molecule has 0 atom stereocenters. The molecule has 0 aliphatic carbocycles. The summed E-state index contributed by atoms with van der Waals surface area (Å²) >= 11 is 0. The number of nitrogens with zero attached hydrogens (tertiary/aromatic N) is 2. The van der Waals surface area contributed by atoms with Crippen LogP contribution in [0.15, 0.2) is 18.2 Å². The highest BCUT2D eigenvalue weighted by Crippen LogP contribution is 2.19. The van der Waals surface area contributed by atoms with E-state index in [4.69, 9.17) is 0 Å². The van der Waals surface area contributed by atoms with Gasteiger partial charge in [-0.25, -0.2) is 5.01 Å². The van der Waals surface area contributed by atoms with Gasteiger partial charge >= 0.3 is 0 Å². The first-order chi connectivity index (χ1) is 9.08. The Morgan fingerprint density at radius 1 is 1.32 bits per heavy atom. The number of piperidine rings is 1. The molecule has 1 N–H and O–H groups in total. The van der Waals surface area contributed by atoms with Gasteiger partial charge in [-0.05, 0) is 25.8 Å². The van der Waals surface area contributed by atoms with Crippen LogP contribution in [0.25, 0.3) is 0 Å². The summed E-state index contributed by atoms with van der Waals surface area (Å²) in [6.45, 7) is 3.32. The van der Waals surface area contributed by atoms with Gasteiger partial charge in [-0.2, -0.15) is 0 Å². The van der Waals surface area contributed by atoms with Crippen LogP contribution in [0.2, 0.25) is 0 Å². The van der Waals surface area contributed by atoms with E-state index in [1.54, 1.807) is 19.1 Å². The van der Waals surface area contributed by atoms with Gasteiger partial charge in [-0.1, -0.05) is 12.5 Å². The predicted molar refractivity (Wildman–Crippen MR) is 70.7 cm³/mol. The van der Waals surface area contributed by atoms with Crippen molar-refractivity contribution < 1.29 is 9.72 Å². The molecule has 6 heteroatoms. The van der Waals surface area contributed by atoms with Crippen molar-refractivity contribution in [2.75, 3.05) is 13.1 Å². The minimum Gasteiger partial charge on any atom is -0.285 e. The first kappa shape index (κ1) is 13.5. The number of hydrogen-bond acceptors (Lipinski definition) is 4. The number of hydrogen-bond donors (Lipinski definition) is 1. The molecule has 0 aromatic heterocycles. The molecule has 1 aromatic carbocycles. The molecule has 1 aliphatic heterocycles. The van der Waals surface area contributed by atoms with E-state index in [9.17, 15) is 14.9 Å². The van der Waals surface area contributed by atoms with Crippen LogP contribution in [-0.4, -0.2) is 28.9 Å². The first-order valence-electron chi connectivity index (χ1n) is 6.39. The molecule has 1 aromatic rings. The van der Waals surface area contributed by atoms with Crippen LogP contribution in [0.1, 0.15) is 35.2 Å². The summed E-state index contributed by atoms with van der Waals surface area (Å²) in [4.78, 5) is 22.4. The number of nitro benzene ring substituents is 1. The zero-order valence-electron chi connectivity index (χ0n) is 10.9. The lowest BCUT2D eigenvalue weighted by Gasteiger charge is -2.26. The Morgan fingerprint density at radius 2 is 2.00 bits per heavy atom. The van der Waals surface area contributed by atoms with Crippen LogP contribution >= 0.6 is 0 Å². The van der Waals surface area contributed by atoms with E-state index in [0.717, 1.165) is 25.9 Å². The van der Waals surface area contributed by atoms with Crippen LogP contribution in [-0.2, 0) is 0 Å². The largest absolute Gasteiger partial charge is 0.285 e. The molecule has 2 rings (SSSR count). The maximum atomic E-state index is 12.0. The minimum absolute atomic E-state index is 0.0219. The molecule has 1 amide bonds. The molecule has 1 saturated heterocycles. The molecule has 102 valence electrons. The highest BCUT2D eigenvalue weighted by atomic mass is 16.6. The maximum Gasteiger partial charge on any atom is 0.273 e. The van der Waals surface area contributed by atoms with Crippen LogP contribution in [0, 0.1) is 17.0 Å². The van der Waals surface area contributed by atoms with Crippen molar-refractivity contribution in [1.82, 2.24) is 10.4 Å². The average Bonchev–Trinajstić information content (AvgIpc) is 2.40. The molecule has 6 nitrogen and oxygen atoms in total. The number of carbonyl (C=O) groups excluding carboxylic acids is 1. The summed E-state index contributed by atoms with van der Waals surface area (Å²) in [6.07, 6.45) is 3.31. The summed E-state index contributed by atoms with van der Waals surface area (Å²) in [5.41, 5.74) is 3.65. The summed E-state index contributed by atoms with van der Waals surface area (Å²) in [6, 6.07) is 4.54. The maximum absolute atomic E-state index is 12.0. The van der Waals surface area contributed by atoms with Crippen molar-refractivity contribution in [3.63, 3.8) is 0 Å². The van der Waals surface area contributed by atoms with E-state index in [1.807, 2.05) is 5.01 Å². The van der Waals surface area contributed by atoms with Crippen molar-refractivity contribution in [2.24, 2.45) is 0 Å². The van der Waals surface area contributed by atoms with E-state index in [1.165, 1.54) is 12.5 Å². The molecule has 0 radical (unpaired) electrons. The van der Waals surface area contributed by atoms with Crippen LogP contribution in [0.5, 0.6) is 0 Å². The van der Waals surface area contributed by atoms with Gasteiger partial charge in [0, 0.05) is 30.3 Å². The van der Waals surface area contributed by atoms with Gasteiger partial charge in [0.1, 0.15) is 0 Å². The minimum atomic E-state index is -0.465. The first-order valence-corrected chi connectivity index (χ1v) is 6.39. The third-order valence-electron chi connectivity index (χ3n) is 3.28. The number of aryl methyl sites for hydroxylation is 1. The molecule has 1 heterocycles. The molecule has 1 aliphatic rings. The molecular weight excluding hydrogens is 246 g/mol. The highest BCUT2D eigenvalue weighted by molar-refractivity contribution is 5.94. The van der Waals surface area contributed by atoms with Gasteiger partial charge in [-0.15, -0.1) is 0 Å². The molecule has 0 bridgehead atoms. The smallest absolute Gasteiger partial charge is 0.273 e. The lowest BCUT2D eigenvalue weighted by Crippen LogP contribution is -2.45. The second-order valence-electron chi connectivity index (χ2n) is 4.75. The third kappa shape index (κ3) is 3.29. The molecule has 1 fully saturated rings. The summed E-state index contributed by atoms with van der Waals surface area (Å²) < 4.78 is 0. The number of hydrazine groups is 1. The van der Waals surface area contributed by atoms with Crippen molar-refractivity contribution in [3.8, 4) is 0 Å². The predicted octanol–water partition coefficient (Wildman–Crippen LogP) is 2.03. The highest BCUT2D eigenvalue weighted by Gasteiger charge is 2.17. The Balaban J connectivity index is 2.10. The zero-order chi connectivity index (χ0) is 13.8. The normalized spacial score (nSPS) is 16.1. The topological polar surface area (TPSA) is 75.5 Å². The summed E-state index contributed by atoms with van der Waals surface area (Å²) in [5.74, 6) is -0.287. The van der Waals surface area contributed by atoms with E-state index < -0.39 is 4.92 Å². The molecule has 0 unspecified atom stereocenters. The summed E-state index contributed by atoms with van der Waals surface area (Å²) in [5, 5.41) is 12.7. The van der Waals surface area contributed by atoms with E-state index >= 15 is 0 Å². The monoisotopic (exact) mass is 263 g/mol. The Hall–Kier alpha value is -1.95. The molecule has 0 spiro atoms. The molecule has 0 saturated carbocycles. The molecular formula is C13H17N3O3. The fourth-order valence-corrected chi connectivity index (χ4v) is 2.16. The molecule has 19 heavy (non-hydrogen) atoms. The van der Waals surface area contributed by atoms with Gasteiger partial charge in [0.15, 0.2) is 0 Å². The number of carbonyl (C=O) groups is 1. The van der Waals surface area contributed by atoms with Gasteiger partial charge in [0.05, 0.1) is 4.92 Å². The number of amides is 1. The van der Waals surface area contributed by atoms with Gasteiger partial charge < -0.3 is 0 Å². The van der Waals surface area contributed by atoms with Gasteiger partial charge in [-0.3, -0.25) is 20.3 Å². The van der Waals surface area contributed by atoms with Crippen LogP contribution < -0.4 is 5.43 Å². The number of benzene rings is 1. The standard InChI is InChI=1S/C13H17N3O3/c1-10-5-6-11(9-12(10)16(18)19)13(17)14-15-7-3-2-4-8-15/h5-6,9H,2-4,7-8H2,1H3,(H,14,17). The zero-order valence-corrected chi connectivity index (χ0v) is 10.9. The lowest BCUT2D eigenvalue weighted by molar-refractivity contribution is -0.385. The van der Waals surface area contributed by atoms with E-state index in [-0.39, 0.29) is 11.6 Å². The van der Waals surface area contributed by atoms with Crippen molar-refractivity contribution >= 4 is 11.6 Å². The Morgan fingerprint density at radius 3 is 2.63 bits per heavy atom. The quantitative estimate of drug-likeness (QED) is 0.668. The fourth-order valence-electron chi connectivity index (χ4n) is 2.16. The van der Waals surface area contributed by atoms with Crippen LogP contribution in [0.4, 0.5) is 5.69 Å². The number of nitro groups is 1. The SMILES string of the molecule is Cc1ccc(C(=O)NN2CCCCC2)cc1[N+](=O)[O-]. The van der Waals surface area contributed by atoms with Crippen molar-refractivity contribution in [3.05, 3.63) is 39.4 Å². The Labute approximate surface area is 111 Å². The van der Waals surface area contributed by atoms with Crippen molar-refractivity contribution in [1.29, 1.82) is 0 Å². The van der Waals surface area contributed by atoms with E-state index in [0.29, 0.717) is 11.1 Å². The second kappa shape index (κ2) is 5.79. The van der Waals surface area contributed by atoms with Crippen LogP contribution in [0.3, 0.4) is 0 Å². The third-order valence-corrected chi connectivity index (χ3v) is 3.28. The second-order valence-corrected chi connectivity index (χ2v) is 4.75. The number of rotatable bonds is 3. The summed E-state index contributed by atoms with van der Waals surface area (Å²) in [7, 11) is 0. The Kier molecular flexibility index (Phi) is 4.11.